The molecule has 0 atom stereocenters. The van der Waals surface area contributed by atoms with E-state index in [1.54, 1.807) is 12.1 Å². The molecule has 1 aliphatic rings. The molecule has 0 bridgehead atoms. The molecule has 2 N–H and O–H groups in total. The predicted octanol–water partition coefficient (Wildman–Crippen LogP) is 3.86. The van der Waals surface area contributed by atoms with E-state index in [-0.39, 0.29) is 5.82 Å². The van der Waals surface area contributed by atoms with Gasteiger partial charge in [-0.15, -0.1) is 0 Å². The summed E-state index contributed by atoms with van der Waals surface area (Å²) in [7, 11) is 2.11. The molecule has 1 aromatic carbocycles. The van der Waals surface area contributed by atoms with Crippen molar-refractivity contribution in [2.75, 3.05) is 7.05 Å². The monoisotopic (exact) mass is 308 g/mol. The third kappa shape index (κ3) is 4.24. The lowest BCUT2D eigenvalue weighted by atomic mass is 9.75. The molecule has 0 aliphatic heterocycles. The van der Waals surface area contributed by atoms with Crippen LogP contribution < -0.4 is 5.73 Å². The largest absolute Gasteiger partial charge is 0.389 e. The highest BCUT2D eigenvalue weighted by Gasteiger charge is 2.29. The number of hydrogen-bond donors (Lipinski definition) is 1. The average Bonchev–Trinajstić information content (AvgIpc) is 2.38. The summed E-state index contributed by atoms with van der Waals surface area (Å²) in [6, 6.07) is 5.21. The fourth-order valence-corrected chi connectivity index (χ4v) is 3.36. The van der Waals surface area contributed by atoms with Crippen LogP contribution >= 0.6 is 12.2 Å². The zero-order chi connectivity index (χ0) is 15.6. The van der Waals surface area contributed by atoms with Gasteiger partial charge >= 0.3 is 0 Å². The van der Waals surface area contributed by atoms with Gasteiger partial charge in [-0.25, -0.2) is 4.39 Å². The molecule has 2 nitrogen and oxygen atoms in total. The van der Waals surface area contributed by atoms with Crippen LogP contribution in [-0.4, -0.2) is 23.0 Å². The van der Waals surface area contributed by atoms with Crippen LogP contribution in [0.1, 0.15) is 50.7 Å². The molecule has 0 unspecified atom stereocenters. The first-order valence-electron chi connectivity index (χ1n) is 7.57. The van der Waals surface area contributed by atoms with Crippen molar-refractivity contribution in [3.63, 3.8) is 0 Å². The minimum Gasteiger partial charge on any atom is -0.389 e. The van der Waals surface area contributed by atoms with Crippen LogP contribution in [0.25, 0.3) is 0 Å². The Labute approximate surface area is 132 Å². The zero-order valence-electron chi connectivity index (χ0n) is 13.2. The van der Waals surface area contributed by atoms with Gasteiger partial charge in [0.05, 0.1) is 0 Å². The van der Waals surface area contributed by atoms with E-state index in [4.69, 9.17) is 18.0 Å². The molecule has 0 amide bonds. The van der Waals surface area contributed by atoms with Gasteiger partial charge < -0.3 is 5.73 Å². The number of nitrogens with two attached hydrogens (primary N) is 1. The summed E-state index contributed by atoms with van der Waals surface area (Å²) in [6.45, 7) is 5.36. The molecular weight excluding hydrogens is 283 g/mol. The second-order valence-electron chi connectivity index (χ2n) is 6.98. The highest BCUT2D eigenvalue weighted by atomic mass is 32.1. The van der Waals surface area contributed by atoms with Gasteiger partial charge in [0.2, 0.25) is 0 Å². The van der Waals surface area contributed by atoms with Gasteiger partial charge in [-0.2, -0.15) is 0 Å². The number of halogens is 1. The molecule has 0 heterocycles. The standard InChI is InChI=1S/C17H25FN2S/c1-17(2)8-6-14(7-9-17)20(3)11-12-10-13(18)4-5-15(12)16(19)21/h4-5,10,14H,6-9,11H2,1-3H3,(H2,19,21). The lowest BCUT2D eigenvalue weighted by Gasteiger charge is -2.38. The molecule has 0 aromatic heterocycles. The lowest BCUT2D eigenvalue weighted by molar-refractivity contribution is 0.123. The first-order chi connectivity index (χ1) is 9.78. The number of nitrogens with zero attached hydrogens (tertiary/aromatic N) is 1. The first kappa shape index (κ1) is 16.4. The predicted molar refractivity (Wildman–Crippen MR) is 89.8 cm³/mol. The molecule has 0 spiro atoms. The van der Waals surface area contributed by atoms with E-state index >= 15 is 0 Å². The molecule has 2 rings (SSSR count). The van der Waals surface area contributed by atoms with E-state index in [9.17, 15) is 4.39 Å². The second-order valence-corrected chi connectivity index (χ2v) is 7.42. The smallest absolute Gasteiger partial charge is 0.123 e. The first-order valence-corrected chi connectivity index (χ1v) is 7.98. The average molecular weight is 308 g/mol. The summed E-state index contributed by atoms with van der Waals surface area (Å²) < 4.78 is 13.5. The minimum absolute atomic E-state index is 0.233. The third-order valence-corrected chi connectivity index (χ3v) is 4.90. The van der Waals surface area contributed by atoms with Crippen LogP contribution in [0.4, 0.5) is 4.39 Å². The topological polar surface area (TPSA) is 29.3 Å². The highest BCUT2D eigenvalue weighted by Crippen LogP contribution is 2.37. The SMILES string of the molecule is CN(Cc1cc(F)ccc1C(N)=S)C1CCC(C)(C)CC1. The van der Waals surface area contributed by atoms with Crippen molar-refractivity contribution in [3.8, 4) is 0 Å². The summed E-state index contributed by atoms with van der Waals surface area (Å²) in [4.78, 5) is 2.65. The minimum atomic E-state index is -0.233. The van der Waals surface area contributed by atoms with Gasteiger partial charge in [0.25, 0.3) is 0 Å². The fraction of sp³-hybridized carbons (Fsp3) is 0.588. The van der Waals surface area contributed by atoms with Gasteiger partial charge in [0.1, 0.15) is 10.8 Å². The maximum absolute atomic E-state index is 13.5. The van der Waals surface area contributed by atoms with Gasteiger partial charge in [-0.1, -0.05) is 26.1 Å². The molecule has 4 heteroatoms. The van der Waals surface area contributed by atoms with Crippen LogP contribution in [0.15, 0.2) is 18.2 Å². The normalized spacial score (nSPS) is 18.9. The molecule has 0 radical (unpaired) electrons. The maximum Gasteiger partial charge on any atom is 0.123 e. The van der Waals surface area contributed by atoms with E-state index in [0.717, 1.165) is 11.1 Å². The molecule has 116 valence electrons. The third-order valence-electron chi connectivity index (χ3n) is 4.68. The van der Waals surface area contributed by atoms with Gasteiger partial charge in [-0.3, -0.25) is 4.90 Å². The molecule has 1 saturated carbocycles. The summed E-state index contributed by atoms with van der Waals surface area (Å²) in [6.07, 6.45) is 4.88. The van der Waals surface area contributed by atoms with E-state index in [0.29, 0.717) is 23.0 Å². The van der Waals surface area contributed by atoms with Gasteiger partial charge in [0.15, 0.2) is 0 Å². The molecular formula is C17H25FN2S. The molecule has 1 fully saturated rings. The quantitative estimate of drug-likeness (QED) is 0.856. The van der Waals surface area contributed by atoms with E-state index in [2.05, 4.69) is 25.8 Å². The highest BCUT2D eigenvalue weighted by molar-refractivity contribution is 7.80. The summed E-state index contributed by atoms with van der Waals surface area (Å²) in [5, 5.41) is 0. The summed E-state index contributed by atoms with van der Waals surface area (Å²) in [5.74, 6) is -0.233. The Morgan fingerprint density at radius 1 is 1.38 bits per heavy atom. The number of thiocarbonyl (C=S) groups is 1. The van der Waals surface area contributed by atoms with Crippen molar-refractivity contribution in [2.45, 2.75) is 52.1 Å². The Bertz CT molecular complexity index is 518. The molecule has 21 heavy (non-hydrogen) atoms. The van der Waals surface area contributed by atoms with E-state index in [1.165, 1.54) is 31.7 Å². The number of hydrogen-bond acceptors (Lipinski definition) is 2. The van der Waals surface area contributed by atoms with Gasteiger partial charge in [0, 0.05) is 18.2 Å². The Morgan fingerprint density at radius 2 is 2.00 bits per heavy atom. The van der Waals surface area contributed by atoms with Crippen LogP contribution in [0, 0.1) is 11.2 Å². The van der Waals surface area contributed by atoms with Crippen molar-refractivity contribution in [1.82, 2.24) is 4.90 Å². The zero-order valence-corrected chi connectivity index (χ0v) is 14.0. The van der Waals surface area contributed by atoms with Crippen LogP contribution in [-0.2, 0) is 6.54 Å². The van der Waals surface area contributed by atoms with Crippen molar-refractivity contribution >= 4 is 17.2 Å². The Hall–Kier alpha value is -1.00. The summed E-state index contributed by atoms with van der Waals surface area (Å²) >= 11 is 5.07. The number of benzene rings is 1. The van der Waals surface area contributed by atoms with Crippen molar-refractivity contribution < 1.29 is 4.39 Å². The van der Waals surface area contributed by atoms with Crippen molar-refractivity contribution in [2.24, 2.45) is 11.1 Å². The van der Waals surface area contributed by atoms with Gasteiger partial charge in [-0.05, 0) is 61.9 Å². The van der Waals surface area contributed by atoms with Crippen LogP contribution in [0.5, 0.6) is 0 Å². The second kappa shape index (κ2) is 6.41. The van der Waals surface area contributed by atoms with Crippen LogP contribution in [0.3, 0.4) is 0 Å². The van der Waals surface area contributed by atoms with E-state index < -0.39 is 0 Å². The Kier molecular flexibility index (Phi) is 4.99. The van der Waals surface area contributed by atoms with E-state index in [1.807, 2.05) is 0 Å². The summed E-state index contributed by atoms with van der Waals surface area (Å²) in [5.41, 5.74) is 7.87. The van der Waals surface area contributed by atoms with Crippen LogP contribution in [0.2, 0.25) is 0 Å². The lowest BCUT2D eigenvalue weighted by Crippen LogP contribution is -2.37. The molecule has 1 aromatic rings. The molecule has 1 aliphatic carbocycles. The van der Waals surface area contributed by atoms with Crippen molar-refractivity contribution in [1.29, 1.82) is 0 Å². The Morgan fingerprint density at radius 3 is 2.57 bits per heavy atom. The maximum atomic E-state index is 13.5. The Balaban J connectivity index is 2.08. The fourth-order valence-electron chi connectivity index (χ4n) is 3.16. The van der Waals surface area contributed by atoms with Crippen molar-refractivity contribution in [3.05, 3.63) is 35.1 Å². The molecule has 0 saturated heterocycles. The number of rotatable bonds is 4.